The molecule has 0 aromatic rings. The molecule has 2 aliphatic rings. The molecule has 0 heterocycles. The van der Waals surface area contributed by atoms with Crippen molar-refractivity contribution in [2.45, 2.75) is 65.2 Å². The van der Waals surface area contributed by atoms with Crippen molar-refractivity contribution >= 4 is 5.97 Å². The number of rotatable bonds is 2. The second kappa shape index (κ2) is 4.99. The van der Waals surface area contributed by atoms with E-state index in [0.717, 1.165) is 38.0 Å². The van der Waals surface area contributed by atoms with Gasteiger partial charge in [0.25, 0.3) is 0 Å². The van der Waals surface area contributed by atoms with Gasteiger partial charge in [-0.1, -0.05) is 39.5 Å². The molecule has 2 atom stereocenters. The largest absolute Gasteiger partial charge is 0.481 e. The van der Waals surface area contributed by atoms with Crippen LogP contribution in [0.1, 0.15) is 65.2 Å². The van der Waals surface area contributed by atoms with Crippen molar-refractivity contribution in [1.29, 1.82) is 0 Å². The Morgan fingerprint density at radius 1 is 1.06 bits per heavy atom. The van der Waals surface area contributed by atoms with Crippen LogP contribution in [0.5, 0.6) is 0 Å². The van der Waals surface area contributed by atoms with Gasteiger partial charge in [0.1, 0.15) is 0 Å². The molecule has 0 aromatic carbocycles. The highest BCUT2D eigenvalue weighted by Crippen LogP contribution is 2.50. The lowest BCUT2D eigenvalue weighted by Gasteiger charge is -2.44. The molecule has 2 aliphatic carbocycles. The van der Waals surface area contributed by atoms with E-state index in [1.807, 2.05) is 0 Å². The van der Waals surface area contributed by atoms with Crippen molar-refractivity contribution in [2.75, 3.05) is 0 Å². The van der Waals surface area contributed by atoms with Crippen LogP contribution < -0.4 is 0 Å². The van der Waals surface area contributed by atoms with E-state index in [4.69, 9.17) is 0 Å². The van der Waals surface area contributed by atoms with Gasteiger partial charge in [0, 0.05) is 0 Å². The lowest BCUT2D eigenvalue weighted by atomic mass is 9.59. The Morgan fingerprint density at radius 2 is 1.71 bits per heavy atom. The Kier molecular flexibility index (Phi) is 3.79. The van der Waals surface area contributed by atoms with Crippen LogP contribution in [0.3, 0.4) is 0 Å². The molecule has 2 fully saturated rings. The first-order valence-corrected chi connectivity index (χ1v) is 7.28. The third-order valence-corrected chi connectivity index (χ3v) is 5.26. The second-order valence-corrected chi connectivity index (χ2v) is 6.62. The maximum atomic E-state index is 11.8. The van der Waals surface area contributed by atoms with E-state index in [9.17, 15) is 9.90 Å². The smallest absolute Gasteiger partial charge is 0.309 e. The quantitative estimate of drug-likeness (QED) is 0.786. The van der Waals surface area contributed by atoms with Crippen LogP contribution in [-0.4, -0.2) is 11.1 Å². The summed E-state index contributed by atoms with van der Waals surface area (Å²) < 4.78 is 0. The molecular formula is C15H26O2. The van der Waals surface area contributed by atoms with Crippen molar-refractivity contribution in [3.05, 3.63) is 0 Å². The Labute approximate surface area is 105 Å². The fourth-order valence-electron chi connectivity index (χ4n) is 4.14. The Balaban J connectivity index is 2.13. The zero-order chi connectivity index (χ0) is 12.5. The van der Waals surface area contributed by atoms with Crippen molar-refractivity contribution < 1.29 is 9.90 Å². The van der Waals surface area contributed by atoms with Gasteiger partial charge in [-0.15, -0.1) is 0 Å². The predicted octanol–water partition coefficient (Wildman–Crippen LogP) is 4.09. The van der Waals surface area contributed by atoms with Gasteiger partial charge in [0.15, 0.2) is 0 Å². The first-order chi connectivity index (χ1) is 8.04. The van der Waals surface area contributed by atoms with E-state index in [1.165, 1.54) is 19.3 Å². The van der Waals surface area contributed by atoms with E-state index in [0.29, 0.717) is 11.8 Å². The standard InChI is InChI=1S/C15H26O2/c1-11-5-7-13(8-6-11)15(14(16)17)9-3-4-12(2)10-15/h11-13H,3-10H2,1-2H3,(H,16,17). The van der Waals surface area contributed by atoms with Crippen LogP contribution in [0, 0.1) is 23.2 Å². The normalized spacial score (nSPS) is 43.3. The summed E-state index contributed by atoms with van der Waals surface area (Å²) in [5, 5.41) is 9.72. The van der Waals surface area contributed by atoms with Gasteiger partial charge in [-0.3, -0.25) is 4.79 Å². The van der Waals surface area contributed by atoms with E-state index < -0.39 is 5.97 Å². The summed E-state index contributed by atoms with van der Waals surface area (Å²) >= 11 is 0. The van der Waals surface area contributed by atoms with Crippen molar-refractivity contribution in [3.8, 4) is 0 Å². The van der Waals surface area contributed by atoms with Crippen LogP contribution in [0.4, 0.5) is 0 Å². The number of carboxylic acids is 1. The molecule has 0 bridgehead atoms. The van der Waals surface area contributed by atoms with Gasteiger partial charge in [0.2, 0.25) is 0 Å². The molecule has 1 N–H and O–H groups in total. The minimum atomic E-state index is -0.511. The molecule has 2 nitrogen and oxygen atoms in total. The minimum Gasteiger partial charge on any atom is -0.481 e. The molecule has 0 aliphatic heterocycles. The topological polar surface area (TPSA) is 37.3 Å². The van der Waals surface area contributed by atoms with E-state index in [-0.39, 0.29) is 5.41 Å². The van der Waals surface area contributed by atoms with E-state index in [2.05, 4.69) is 13.8 Å². The van der Waals surface area contributed by atoms with E-state index >= 15 is 0 Å². The third kappa shape index (κ3) is 2.51. The molecular weight excluding hydrogens is 212 g/mol. The maximum absolute atomic E-state index is 11.8. The SMILES string of the molecule is CC1CCC(C2(C(=O)O)CCCC(C)C2)CC1. The van der Waals surface area contributed by atoms with Crippen molar-refractivity contribution in [3.63, 3.8) is 0 Å². The summed E-state index contributed by atoms with van der Waals surface area (Å²) in [6, 6.07) is 0. The first-order valence-electron chi connectivity index (χ1n) is 7.28. The van der Waals surface area contributed by atoms with Crippen LogP contribution >= 0.6 is 0 Å². The lowest BCUT2D eigenvalue weighted by molar-refractivity contribution is -0.158. The zero-order valence-corrected chi connectivity index (χ0v) is 11.2. The molecule has 0 saturated heterocycles. The molecule has 2 rings (SSSR count). The average Bonchev–Trinajstić information content (AvgIpc) is 2.29. The fraction of sp³-hybridized carbons (Fsp3) is 0.933. The fourth-order valence-corrected chi connectivity index (χ4v) is 4.14. The maximum Gasteiger partial charge on any atom is 0.309 e. The molecule has 0 radical (unpaired) electrons. The average molecular weight is 238 g/mol. The van der Waals surface area contributed by atoms with Crippen LogP contribution in [-0.2, 0) is 4.79 Å². The van der Waals surface area contributed by atoms with Gasteiger partial charge in [-0.25, -0.2) is 0 Å². The third-order valence-electron chi connectivity index (χ3n) is 5.26. The highest BCUT2D eigenvalue weighted by atomic mass is 16.4. The highest BCUT2D eigenvalue weighted by Gasteiger charge is 2.48. The Morgan fingerprint density at radius 3 is 2.24 bits per heavy atom. The molecule has 0 amide bonds. The number of carbonyl (C=O) groups is 1. The summed E-state index contributed by atoms with van der Waals surface area (Å²) in [5.41, 5.74) is -0.377. The predicted molar refractivity (Wildman–Crippen MR) is 68.8 cm³/mol. The Bertz CT molecular complexity index is 279. The van der Waals surface area contributed by atoms with E-state index in [1.54, 1.807) is 0 Å². The molecule has 2 unspecified atom stereocenters. The number of aliphatic carboxylic acids is 1. The number of hydrogen-bond donors (Lipinski definition) is 1. The van der Waals surface area contributed by atoms with Crippen LogP contribution in [0.15, 0.2) is 0 Å². The van der Waals surface area contributed by atoms with Crippen LogP contribution in [0.2, 0.25) is 0 Å². The number of hydrogen-bond acceptors (Lipinski definition) is 1. The van der Waals surface area contributed by atoms with Crippen molar-refractivity contribution in [1.82, 2.24) is 0 Å². The van der Waals surface area contributed by atoms with Gasteiger partial charge >= 0.3 is 5.97 Å². The molecule has 0 aromatic heterocycles. The molecule has 2 heteroatoms. The Hall–Kier alpha value is -0.530. The molecule has 98 valence electrons. The first kappa shape index (κ1) is 12.9. The summed E-state index contributed by atoms with van der Waals surface area (Å²) in [6.45, 7) is 4.52. The lowest BCUT2D eigenvalue weighted by Crippen LogP contribution is -2.43. The summed E-state index contributed by atoms with van der Waals surface area (Å²) in [5.74, 6) is 1.33. The highest BCUT2D eigenvalue weighted by molar-refractivity contribution is 5.75. The monoisotopic (exact) mass is 238 g/mol. The summed E-state index contributed by atoms with van der Waals surface area (Å²) in [7, 11) is 0. The zero-order valence-electron chi connectivity index (χ0n) is 11.2. The van der Waals surface area contributed by atoms with Crippen molar-refractivity contribution in [2.24, 2.45) is 23.2 Å². The second-order valence-electron chi connectivity index (χ2n) is 6.62. The number of carboxylic acid groups (broad SMARTS) is 1. The molecule has 17 heavy (non-hydrogen) atoms. The summed E-state index contributed by atoms with van der Waals surface area (Å²) in [4.78, 5) is 11.8. The summed E-state index contributed by atoms with van der Waals surface area (Å²) in [6.07, 6.45) is 8.91. The van der Waals surface area contributed by atoms with Gasteiger partial charge in [-0.05, 0) is 43.4 Å². The van der Waals surface area contributed by atoms with Gasteiger partial charge in [-0.2, -0.15) is 0 Å². The molecule has 0 spiro atoms. The van der Waals surface area contributed by atoms with Crippen LogP contribution in [0.25, 0.3) is 0 Å². The van der Waals surface area contributed by atoms with Gasteiger partial charge in [0.05, 0.1) is 5.41 Å². The van der Waals surface area contributed by atoms with Gasteiger partial charge < -0.3 is 5.11 Å². The molecule has 2 saturated carbocycles. The minimum absolute atomic E-state index is 0.377.